The lowest BCUT2D eigenvalue weighted by atomic mass is 9.95. The van der Waals surface area contributed by atoms with Crippen LogP contribution in [0.1, 0.15) is 35.7 Å². The summed E-state index contributed by atoms with van der Waals surface area (Å²) in [5.74, 6) is 0.782. The summed E-state index contributed by atoms with van der Waals surface area (Å²) in [6.45, 7) is 2.09. The van der Waals surface area contributed by atoms with Crippen LogP contribution in [0.3, 0.4) is 0 Å². The van der Waals surface area contributed by atoms with Gasteiger partial charge in [0.2, 0.25) is 0 Å². The van der Waals surface area contributed by atoms with Crippen molar-refractivity contribution in [2.75, 3.05) is 20.0 Å². The summed E-state index contributed by atoms with van der Waals surface area (Å²) < 4.78 is 24.3. The van der Waals surface area contributed by atoms with Crippen LogP contribution in [0.2, 0.25) is 0 Å². The smallest absolute Gasteiger partial charge is 0.183 e. The predicted octanol–water partition coefficient (Wildman–Crippen LogP) is 4.87. The molecule has 2 atom stereocenters. The Morgan fingerprint density at radius 2 is 1.54 bits per heavy atom. The summed E-state index contributed by atoms with van der Waals surface area (Å²) in [6, 6.07) is 20.2. The van der Waals surface area contributed by atoms with Gasteiger partial charge in [0.25, 0.3) is 0 Å². The minimum atomic E-state index is -0.273. The Kier molecular flexibility index (Phi) is 6.16. The molecule has 146 valence electrons. The fourth-order valence-electron chi connectivity index (χ4n) is 3.31. The Hall–Kier alpha value is -3.05. The molecule has 0 saturated carbocycles. The third-order valence-corrected chi connectivity index (χ3v) is 4.78. The number of hydrogen-bond donors (Lipinski definition) is 2. The van der Waals surface area contributed by atoms with E-state index in [1.807, 2.05) is 30.3 Å². The summed E-state index contributed by atoms with van der Waals surface area (Å²) in [4.78, 5) is 0. The van der Waals surface area contributed by atoms with Crippen LogP contribution >= 0.6 is 0 Å². The van der Waals surface area contributed by atoms with Crippen molar-refractivity contribution in [2.45, 2.75) is 19.0 Å². The maximum Gasteiger partial charge on any atom is 0.183 e. The van der Waals surface area contributed by atoms with E-state index in [9.17, 15) is 4.39 Å². The number of benzene rings is 3. The molecular formula is C23H25FN2O2. The first kappa shape index (κ1) is 19.7. The van der Waals surface area contributed by atoms with Gasteiger partial charge in [0, 0.05) is 6.04 Å². The zero-order valence-corrected chi connectivity index (χ0v) is 16.3. The number of ether oxygens (including phenoxy) is 2. The average molecular weight is 380 g/mol. The largest absolute Gasteiger partial charge is 0.493 e. The van der Waals surface area contributed by atoms with Crippen LogP contribution in [-0.4, -0.2) is 14.2 Å². The number of nitrogens with one attached hydrogen (secondary N) is 1. The van der Waals surface area contributed by atoms with Crippen molar-refractivity contribution >= 4 is 5.69 Å². The molecule has 3 aromatic rings. The molecule has 3 rings (SSSR count). The topological polar surface area (TPSA) is 56.5 Å². The third-order valence-electron chi connectivity index (χ3n) is 4.78. The quantitative estimate of drug-likeness (QED) is 0.575. The van der Waals surface area contributed by atoms with Crippen molar-refractivity contribution in [3.05, 3.63) is 89.2 Å². The van der Waals surface area contributed by atoms with E-state index in [2.05, 4.69) is 24.4 Å². The summed E-state index contributed by atoms with van der Waals surface area (Å²) >= 11 is 0. The zero-order valence-electron chi connectivity index (χ0n) is 16.3. The number of halogens is 1. The van der Waals surface area contributed by atoms with E-state index in [1.165, 1.54) is 12.1 Å². The van der Waals surface area contributed by atoms with Gasteiger partial charge in [-0.05, 0) is 47.9 Å². The van der Waals surface area contributed by atoms with Gasteiger partial charge in [0.1, 0.15) is 5.82 Å². The molecule has 0 fully saturated rings. The van der Waals surface area contributed by atoms with Gasteiger partial charge < -0.3 is 15.2 Å². The second kappa shape index (κ2) is 8.76. The molecule has 0 aliphatic rings. The number of hydrogen-bond acceptors (Lipinski definition) is 4. The van der Waals surface area contributed by atoms with Gasteiger partial charge >= 0.3 is 0 Å². The van der Waals surface area contributed by atoms with Gasteiger partial charge in [-0.15, -0.1) is 0 Å². The first-order chi connectivity index (χ1) is 13.5. The second-order valence-corrected chi connectivity index (χ2v) is 6.63. The summed E-state index contributed by atoms with van der Waals surface area (Å²) in [5, 5.41) is 3.63. The number of methoxy groups -OCH3 is 2. The van der Waals surface area contributed by atoms with E-state index >= 15 is 0 Å². The molecule has 5 heteroatoms. The van der Waals surface area contributed by atoms with Crippen molar-refractivity contribution in [2.24, 2.45) is 0 Å². The van der Waals surface area contributed by atoms with E-state index in [0.717, 1.165) is 16.7 Å². The van der Waals surface area contributed by atoms with Gasteiger partial charge in [-0.1, -0.05) is 42.5 Å². The Morgan fingerprint density at radius 3 is 2.14 bits per heavy atom. The number of rotatable bonds is 7. The number of nitrogens with two attached hydrogens (primary N) is 1. The lowest BCUT2D eigenvalue weighted by molar-refractivity contribution is 0.355. The van der Waals surface area contributed by atoms with Crippen LogP contribution in [0.5, 0.6) is 11.5 Å². The van der Waals surface area contributed by atoms with E-state index in [1.54, 1.807) is 26.4 Å². The van der Waals surface area contributed by atoms with Crippen LogP contribution in [-0.2, 0) is 0 Å². The molecule has 0 saturated heterocycles. The molecule has 0 radical (unpaired) electrons. The normalized spacial score (nSPS) is 13.0. The van der Waals surface area contributed by atoms with Crippen molar-refractivity contribution in [3.63, 3.8) is 0 Å². The highest BCUT2D eigenvalue weighted by atomic mass is 19.1. The molecule has 3 aromatic carbocycles. The minimum Gasteiger partial charge on any atom is -0.493 e. The first-order valence-corrected chi connectivity index (χ1v) is 9.11. The maximum absolute atomic E-state index is 13.5. The Morgan fingerprint density at radius 1 is 0.857 bits per heavy atom. The Labute approximate surface area is 165 Å². The molecule has 1 unspecified atom stereocenters. The van der Waals surface area contributed by atoms with Gasteiger partial charge in [0.15, 0.2) is 11.5 Å². The van der Waals surface area contributed by atoms with Crippen molar-refractivity contribution in [1.29, 1.82) is 0 Å². The highest BCUT2D eigenvalue weighted by molar-refractivity contribution is 5.63. The molecule has 0 heterocycles. The van der Waals surface area contributed by atoms with Crippen molar-refractivity contribution in [3.8, 4) is 11.5 Å². The standard InChI is InChI=1S/C23H25FN2O2/c1-15(16-7-5-4-6-8-16)26-22(17-9-11-19(24)12-10-17)18-13-20(25)23(28-3)21(14-18)27-2/h4-15,22,26H,25H2,1-3H3/t15-,22?/m0/s1. The van der Waals surface area contributed by atoms with E-state index in [4.69, 9.17) is 15.2 Å². The van der Waals surface area contributed by atoms with Crippen LogP contribution in [0, 0.1) is 5.82 Å². The minimum absolute atomic E-state index is 0.0607. The Bertz CT molecular complexity index is 914. The fourth-order valence-corrected chi connectivity index (χ4v) is 3.31. The molecule has 3 N–H and O–H groups in total. The molecule has 28 heavy (non-hydrogen) atoms. The molecule has 0 aliphatic heterocycles. The SMILES string of the molecule is COc1cc(C(N[C@@H](C)c2ccccc2)c2ccc(F)cc2)cc(N)c1OC. The molecule has 4 nitrogen and oxygen atoms in total. The molecule has 0 amide bonds. The number of nitrogen functional groups attached to an aromatic ring is 1. The third kappa shape index (κ3) is 4.26. The average Bonchev–Trinajstić information content (AvgIpc) is 2.72. The van der Waals surface area contributed by atoms with Crippen LogP contribution in [0.4, 0.5) is 10.1 Å². The highest BCUT2D eigenvalue weighted by Gasteiger charge is 2.21. The summed E-state index contributed by atoms with van der Waals surface area (Å²) in [7, 11) is 3.13. The van der Waals surface area contributed by atoms with Crippen molar-refractivity contribution < 1.29 is 13.9 Å². The summed E-state index contributed by atoms with van der Waals surface area (Å²) in [5.41, 5.74) is 9.67. The maximum atomic E-state index is 13.5. The number of anilines is 1. The molecule has 0 bridgehead atoms. The van der Waals surface area contributed by atoms with E-state index in [0.29, 0.717) is 17.2 Å². The lowest BCUT2D eigenvalue weighted by Gasteiger charge is -2.26. The molecular weight excluding hydrogens is 355 g/mol. The lowest BCUT2D eigenvalue weighted by Crippen LogP contribution is -2.26. The van der Waals surface area contributed by atoms with Gasteiger partial charge in [-0.2, -0.15) is 0 Å². The predicted molar refractivity (Wildman–Crippen MR) is 110 cm³/mol. The summed E-state index contributed by atoms with van der Waals surface area (Å²) in [6.07, 6.45) is 0. The van der Waals surface area contributed by atoms with Gasteiger partial charge in [-0.25, -0.2) is 4.39 Å². The van der Waals surface area contributed by atoms with Crippen molar-refractivity contribution in [1.82, 2.24) is 5.32 Å². The first-order valence-electron chi connectivity index (χ1n) is 9.11. The van der Waals surface area contributed by atoms with Crippen LogP contribution < -0.4 is 20.5 Å². The molecule has 0 aliphatic carbocycles. The second-order valence-electron chi connectivity index (χ2n) is 6.63. The zero-order chi connectivity index (χ0) is 20.1. The molecule has 0 aromatic heterocycles. The van der Waals surface area contributed by atoms with Gasteiger partial charge in [0.05, 0.1) is 25.9 Å². The van der Waals surface area contributed by atoms with Crippen LogP contribution in [0.25, 0.3) is 0 Å². The Balaban J connectivity index is 2.04. The molecule has 0 spiro atoms. The van der Waals surface area contributed by atoms with E-state index in [-0.39, 0.29) is 17.9 Å². The van der Waals surface area contributed by atoms with E-state index < -0.39 is 0 Å². The fraction of sp³-hybridized carbons (Fsp3) is 0.217. The van der Waals surface area contributed by atoms with Crippen LogP contribution in [0.15, 0.2) is 66.7 Å². The van der Waals surface area contributed by atoms with Gasteiger partial charge in [-0.3, -0.25) is 5.32 Å². The monoisotopic (exact) mass is 380 g/mol. The highest BCUT2D eigenvalue weighted by Crippen LogP contribution is 2.38.